The first kappa shape index (κ1) is 15.7. The summed E-state index contributed by atoms with van der Waals surface area (Å²) in [4.78, 5) is 37.0. The highest BCUT2D eigenvalue weighted by molar-refractivity contribution is 6.29. The molecular formula is C19H14O5. The van der Waals surface area contributed by atoms with Gasteiger partial charge in [-0.1, -0.05) is 36.9 Å². The maximum absolute atomic E-state index is 12.9. The standard InChI is InChI=1S/C19H14O5/c1-3-10-23-15-9-8-14-16(19(15)24-11(2)20)18(22)13-7-5-4-6-12(13)17(14)21/h3-9H,1,10H2,2H3. The normalized spacial score (nSPS) is 12.2. The zero-order valence-corrected chi connectivity index (χ0v) is 13.0. The van der Waals surface area contributed by atoms with E-state index in [0.717, 1.165) is 0 Å². The number of hydrogen-bond donors (Lipinski definition) is 0. The van der Waals surface area contributed by atoms with Crippen LogP contribution in [0.2, 0.25) is 0 Å². The van der Waals surface area contributed by atoms with Gasteiger partial charge in [-0.15, -0.1) is 0 Å². The summed E-state index contributed by atoms with van der Waals surface area (Å²) in [6.45, 7) is 4.95. The Morgan fingerprint density at radius 1 is 1.04 bits per heavy atom. The average molecular weight is 322 g/mol. The molecule has 0 N–H and O–H groups in total. The van der Waals surface area contributed by atoms with Crippen LogP contribution in [0, 0.1) is 0 Å². The Balaban J connectivity index is 2.23. The molecule has 0 amide bonds. The Bertz CT molecular complexity index is 879. The van der Waals surface area contributed by atoms with E-state index >= 15 is 0 Å². The van der Waals surface area contributed by atoms with Crippen LogP contribution in [0.3, 0.4) is 0 Å². The molecule has 0 aliphatic heterocycles. The minimum atomic E-state index is -0.606. The summed E-state index contributed by atoms with van der Waals surface area (Å²) in [6.07, 6.45) is 1.53. The van der Waals surface area contributed by atoms with Gasteiger partial charge in [0.15, 0.2) is 23.1 Å². The van der Waals surface area contributed by atoms with E-state index in [4.69, 9.17) is 9.47 Å². The molecule has 0 bridgehead atoms. The van der Waals surface area contributed by atoms with Crippen molar-refractivity contribution in [2.24, 2.45) is 0 Å². The van der Waals surface area contributed by atoms with Crippen molar-refractivity contribution in [1.29, 1.82) is 0 Å². The molecule has 2 aromatic rings. The molecule has 0 spiro atoms. The molecule has 0 atom stereocenters. The predicted molar refractivity (Wildman–Crippen MR) is 86.8 cm³/mol. The number of benzene rings is 2. The third kappa shape index (κ3) is 2.50. The first-order valence-electron chi connectivity index (χ1n) is 7.32. The molecule has 0 fully saturated rings. The SMILES string of the molecule is C=CCOc1ccc2c(c1OC(C)=O)C(=O)c1ccccc1C2=O. The number of rotatable bonds is 4. The van der Waals surface area contributed by atoms with Gasteiger partial charge in [0.25, 0.3) is 0 Å². The van der Waals surface area contributed by atoms with Gasteiger partial charge in [0.05, 0.1) is 5.56 Å². The molecule has 3 rings (SSSR count). The van der Waals surface area contributed by atoms with Crippen LogP contribution in [0.5, 0.6) is 11.5 Å². The largest absolute Gasteiger partial charge is 0.486 e. The lowest BCUT2D eigenvalue weighted by Gasteiger charge is -2.21. The highest BCUT2D eigenvalue weighted by Crippen LogP contribution is 2.39. The fourth-order valence-electron chi connectivity index (χ4n) is 2.64. The Labute approximate surface area is 138 Å². The van der Waals surface area contributed by atoms with Crippen molar-refractivity contribution in [3.63, 3.8) is 0 Å². The summed E-state index contributed by atoms with van der Waals surface area (Å²) >= 11 is 0. The second-order valence-electron chi connectivity index (χ2n) is 5.21. The predicted octanol–water partition coefficient (Wildman–Crippen LogP) is 2.95. The molecule has 0 radical (unpaired) electrons. The van der Waals surface area contributed by atoms with E-state index in [-0.39, 0.29) is 46.4 Å². The molecule has 1 aliphatic rings. The monoisotopic (exact) mass is 322 g/mol. The summed E-state index contributed by atoms with van der Waals surface area (Å²) in [5, 5.41) is 0. The van der Waals surface area contributed by atoms with Crippen LogP contribution in [0.25, 0.3) is 0 Å². The molecular weight excluding hydrogens is 308 g/mol. The number of carbonyl (C=O) groups excluding carboxylic acids is 3. The van der Waals surface area contributed by atoms with Crippen LogP contribution in [-0.2, 0) is 4.79 Å². The minimum absolute atomic E-state index is 0.0327. The Morgan fingerprint density at radius 2 is 1.71 bits per heavy atom. The Kier molecular flexibility index (Phi) is 4.00. The molecule has 24 heavy (non-hydrogen) atoms. The van der Waals surface area contributed by atoms with E-state index < -0.39 is 5.97 Å². The van der Waals surface area contributed by atoms with Gasteiger partial charge < -0.3 is 9.47 Å². The smallest absolute Gasteiger partial charge is 0.308 e. The minimum Gasteiger partial charge on any atom is -0.486 e. The van der Waals surface area contributed by atoms with Crippen molar-refractivity contribution in [2.45, 2.75) is 6.92 Å². The van der Waals surface area contributed by atoms with Crippen LogP contribution in [0.15, 0.2) is 49.1 Å². The number of carbonyl (C=O) groups is 3. The zero-order chi connectivity index (χ0) is 17.3. The van der Waals surface area contributed by atoms with Gasteiger partial charge in [-0.3, -0.25) is 14.4 Å². The number of esters is 1. The van der Waals surface area contributed by atoms with Crippen molar-refractivity contribution in [3.05, 3.63) is 71.3 Å². The number of ether oxygens (including phenoxy) is 2. The quantitative estimate of drug-likeness (QED) is 0.419. The third-order valence-corrected chi connectivity index (χ3v) is 3.61. The third-order valence-electron chi connectivity index (χ3n) is 3.61. The van der Waals surface area contributed by atoms with Gasteiger partial charge in [0.1, 0.15) is 6.61 Å². The van der Waals surface area contributed by atoms with E-state index in [2.05, 4.69) is 6.58 Å². The van der Waals surface area contributed by atoms with E-state index in [1.54, 1.807) is 24.3 Å². The molecule has 1 aliphatic carbocycles. The molecule has 5 heteroatoms. The van der Waals surface area contributed by atoms with Gasteiger partial charge in [0, 0.05) is 23.6 Å². The van der Waals surface area contributed by atoms with Crippen molar-refractivity contribution in [1.82, 2.24) is 0 Å². The lowest BCUT2D eigenvalue weighted by Crippen LogP contribution is -2.22. The molecule has 0 heterocycles. The van der Waals surface area contributed by atoms with Crippen LogP contribution in [0.4, 0.5) is 0 Å². The van der Waals surface area contributed by atoms with Crippen molar-refractivity contribution in [3.8, 4) is 11.5 Å². The molecule has 0 saturated carbocycles. The summed E-state index contributed by atoms with van der Waals surface area (Å²) in [7, 11) is 0. The van der Waals surface area contributed by atoms with E-state index in [0.29, 0.717) is 5.56 Å². The van der Waals surface area contributed by atoms with Crippen molar-refractivity contribution < 1.29 is 23.9 Å². The van der Waals surface area contributed by atoms with Crippen molar-refractivity contribution >= 4 is 17.5 Å². The average Bonchev–Trinajstić information content (AvgIpc) is 2.58. The molecule has 0 saturated heterocycles. The molecule has 2 aromatic carbocycles. The second-order valence-corrected chi connectivity index (χ2v) is 5.21. The first-order valence-corrected chi connectivity index (χ1v) is 7.32. The molecule has 0 aromatic heterocycles. The van der Waals surface area contributed by atoms with Crippen LogP contribution >= 0.6 is 0 Å². The number of hydrogen-bond acceptors (Lipinski definition) is 5. The van der Waals surface area contributed by atoms with E-state index in [1.807, 2.05) is 0 Å². The number of ketones is 2. The summed E-state index contributed by atoms with van der Waals surface area (Å²) in [6, 6.07) is 9.58. The first-order chi connectivity index (χ1) is 11.5. The van der Waals surface area contributed by atoms with Gasteiger partial charge in [0.2, 0.25) is 0 Å². The lowest BCUT2D eigenvalue weighted by molar-refractivity contribution is -0.132. The van der Waals surface area contributed by atoms with Gasteiger partial charge in [-0.05, 0) is 12.1 Å². The summed E-state index contributed by atoms with van der Waals surface area (Å²) in [5.74, 6) is -1.09. The maximum atomic E-state index is 12.9. The summed E-state index contributed by atoms with van der Waals surface area (Å²) < 4.78 is 10.7. The second kappa shape index (κ2) is 6.12. The van der Waals surface area contributed by atoms with Gasteiger partial charge in [-0.2, -0.15) is 0 Å². The van der Waals surface area contributed by atoms with E-state index in [9.17, 15) is 14.4 Å². The Morgan fingerprint density at radius 3 is 2.33 bits per heavy atom. The fraction of sp³-hybridized carbons (Fsp3) is 0.105. The van der Waals surface area contributed by atoms with Gasteiger partial charge in [-0.25, -0.2) is 0 Å². The topological polar surface area (TPSA) is 69.7 Å². The highest BCUT2D eigenvalue weighted by atomic mass is 16.6. The maximum Gasteiger partial charge on any atom is 0.308 e. The fourth-order valence-corrected chi connectivity index (χ4v) is 2.64. The van der Waals surface area contributed by atoms with E-state index in [1.165, 1.54) is 25.1 Å². The highest BCUT2D eigenvalue weighted by Gasteiger charge is 2.34. The Hall–Kier alpha value is -3.21. The van der Waals surface area contributed by atoms with Crippen molar-refractivity contribution in [2.75, 3.05) is 6.61 Å². The molecule has 5 nitrogen and oxygen atoms in total. The molecule has 120 valence electrons. The zero-order valence-electron chi connectivity index (χ0n) is 13.0. The number of fused-ring (bicyclic) bond motifs is 2. The van der Waals surface area contributed by atoms with Crippen LogP contribution < -0.4 is 9.47 Å². The lowest BCUT2D eigenvalue weighted by atomic mass is 9.83. The van der Waals surface area contributed by atoms with Crippen LogP contribution in [0.1, 0.15) is 38.8 Å². The summed E-state index contributed by atoms with van der Waals surface area (Å²) in [5.41, 5.74) is 0.865. The van der Waals surface area contributed by atoms with Gasteiger partial charge >= 0.3 is 5.97 Å². The molecule has 0 unspecified atom stereocenters. The van der Waals surface area contributed by atoms with Crippen LogP contribution in [-0.4, -0.2) is 24.1 Å².